The summed E-state index contributed by atoms with van der Waals surface area (Å²) in [6, 6.07) is -2.56. The molecule has 0 fully saturated rings. The number of alkyl halides is 1. The van der Waals surface area contributed by atoms with Crippen molar-refractivity contribution < 1.29 is 28.7 Å². The summed E-state index contributed by atoms with van der Waals surface area (Å²) in [6.45, 7) is -0.0702. The molecule has 1 aromatic heterocycles. The Morgan fingerprint density at radius 1 is 1.36 bits per heavy atom. The molecular weight excluding hydrogens is 299 g/mol. The fraction of sp³-hybridized carbons (Fsp3) is 0.417. The van der Waals surface area contributed by atoms with Crippen LogP contribution in [0.25, 0.3) is 0 Å². The van der Waals surface area contributed by atoms with Crippen molar-refractivity contribution in [2.45, 2.75) is 25.4 Å². The third-order valence-corrected chi connectivity index (χ3v) is 2.67. The molecule has 0 aliphatic carbocycles. The Labute approximate surface area is 124 Å². The molecular formula is C12H15FN4O5. The third kappa shape index (κ3) is 4.96. The van der Waals surface area contributed by atoms with E-state index in [1.807, 2.05) is 0 Å². The van der Waals surface area contributed by atoms with Gasteiger partial charge in [0.15, 0.2) is 11.6 Å². The van der Waals surface area contributed by atoms with Gasteiger partial charge in [-0.05, 0) is 6.92 Å². The van der Waals surface area contributed by atoms with Crippen molar-refractivity contribution >= 4 is 23.6 Å². The minimum atomic E-state index is -1.49. The largest absolute Gasteiger partial charge is 0.481 e. The number of rotatable bonds is 8. The van der Waals surface area contributed by atoms with Gasteiger partial charge in [0.25, 0.3) is 5.91 Å². The molecule has 0 saturated carbocycles. The summed E-state index contributed by atoms with van der Waals surface area (Å²) in [4.78, 5) is 51.6. The van der Waals surface area contributed by atoms with Crippen molar-refractivity contribution in [3.8, 4) is 0 Å². The molecule has 0 aliphatic rings. The second-order valence-electron chi connectivity index (χ2n) is 4.39. The van der Waals surface area contributed by atoms with Crippen molar-refractivity contribution in [1.29, 1.82) is 0 Å². The maximum Gasteiger partial charge on any atom is 0.305 e. The van der Waals surface area contributed by atoms with Crippen LogP contribution in [0.3, 0.4) is 0 Å². The number of aliphatic carboxylic acids is 1. The third-order valence-electron chi connectivity index (χ3n) is 2.67. The molecule has 0 saturated heterocycles. The van der Waals surface area contributed by atoms with E-state index in [4.69, 9.17) is 5.11 Å². The first-order valence-corrected chi connectivity index (χ1v) is 6.26. The predicted molar refractivity (Wildman–Crippen MR) is 70.7 cm³/mol. The van der Waals surface area contributed by atoms with Gasteiger partial charge in [-0.2, -0.15) is 0 Å². The highest BCUT2D eigenvalue weighted by Crippen LogP contribution is 1.98. The minimum absolute atomic E-state index is 0.0124. The second-order valence-corrected chi connectivity index (χ2v) is 4.39. The summed E-state index contributed by atoms with van der Waals surface area (Å²) in [5, 5.41) is 13.0. The second kappa shape index (κ2) is 7.86. The van der Waals surface area contributed by atoms with E-state index >= 15 is 0 Å². The van der Waals surface area contributed by atoms with Crippen molar-refractivity contribution in [1.82, 2.24) is 20.6 Å². The molecule has 22 heavy (non-hydrogen) atoms. The summed E-state index contributed by atoms with van der Waals surface area (Å²) in [5.41, 5.74) is 0. The number of imidazole rings is 1. The van der Waals surface area contributed by atoms with Gasteiger partial charge < -0.3 is 20.7 Å². The number of aromatic nitrogens is 2. The SMILES string of the molecule is C[C@H](NC(=O)c1ncc[nH]1)C(=O)NC(CC(=O)O)C(=O)CF. The Bertz CT molecular complexity index is 560. The van der Waals surface area contributed by atoms with Gasteiger partial charge in [0.05, 0.1) is 6.42 Å². The molecule has 1 unspecified atom stereocenters. The highest BCUT2D eigenvalue weighted by Gasteiger charge is 2.26. The van der Waals surface area contributed by atoms with Crippen LogP contribution in [0, 0.1) is 0 Å². The monoisotopic (exact) mass is 314 g/mol. The van der Waals surface area contributed by atoms with Gasteiger partial charge in [0, 0.05) is 12.4 Å². The number of H-pyrrole nitrogens is 1. The van der Waals surface area contributed by atoms with Gasteiger partial charge >= 0.3 is 5.97 Å². The van der Waals surface area contributed by atoms with E-state index in [1.54, 1.807) is 0 Å². The summed E-state index contributed by atoms with van der Waals surface area (Å²) in [6.07, 6.45) is 2.03. The highest BCUT2D eigenvalue weighted by molar-refractivity contribution is 5.97. The summed E-state index contributed by atoms with van der Waals surface area (Å²) >= 11 is 0. The molecule has 10 heteroatoms. The molecule has 2 atom stereocenters. The molecule has 4 N–H and O–H groups in total. The number of amides is 2. The zero-order valence-corrected chi connectivity index (χ0v) is 11.6. The molecule has 0 aromatic carbocycles. The number of carbonyl (C=O) groups excluding carboxylic acids is 3. The van der Waals surface area contributed by atoms with Gasteiger partial charge in [0.1, 0.15) is 18.8 Å². The average molecular weight is 314 g/mol. The van der Waals surface area contributed by atoms with E-state index in [1.165, 1.54) is 19.3 Å². The van der Waals surface area contributed by atoms with Gasteiger partial charge in [-0.1, -0.05) is 0 Å². The normalized spacial score (nSPS) is 13.0. The number of carbonyl (C=O) groups is 4. The topological polar surface area (TPSA) is 141 Å². The number of Topliss-reactive ketones (excluding diaryl/α,β-unsaturated/α-hetero) is 1. The standard InChI is InChI=1S/C12H15FN4O5/c1-6(16-12(22)10-14-2-3-15-10)11(21)17-7(4-9(19)20)8(18)5-13/h2-3,6-7H,4-5H2,1H3,(H,14,15)(H,16,22)(H,17,21)(H,19,20)/t6-,7?/m0/s1. The van der Waals surface area contributed by atoms with E-state index in [9.17, 15) is 23.6 Å². The number of ketones is 1. The van der Waals surface area contributed by atoms with Crippen LogP contribution < -0.4 is 10.6 Å². The van der Waals surface area contributed by atoms with Gasteiger partial charge in [-0.25, -0.2) is 9.37 Å². The molecule has 1 heterocycles. The highest BCUT2D eigenvalue weighted by atomic mass is 19.1. The Hall–Kier alpha value is -2.78. The number of carboxylic acid groups (broad SMARTS) is 1. The summed E-state index contributed by atoms with van der Waals surface area (Å²) < 4.78 is 12.4. The van der Waals surface area contributed by atoms with E-state index in [0.717, 1.165) is 0 Å². The Morgan fingerprint density at radius 2 is 2.05 bits per heavy atom. The van der Waals surface area contributed by atoms with Crippen molar-refractivity contribution in [3.63, 3.8) is 0 Å². The van der Waals surface area contributed by atoms with Crippen LogP contribution in [0.15, 0.2) is 12.4 Å². The molecule has 0 radical (unpaired) electrons. The van der Waals surface area contributed by atoms with Crippen LogP contribution in [0.2, 0.25) is 0 Å². The number of hydrogen-bond acceptors (Lipinski definition) is 5. The Morgan fingerprint density at radius 3 is 2.55 bits per heavy atom. The summed E-state index contributed by atoms with van der Waals surface area (Å²) in [5.74, 6) is -3.89. The molecule has 2 amide bonds. The van der Waals surface area contributed by atoms with Crippen LogP contribution in [0.5, 0.6) is 0 Å². The lowest BCUT2D eigenvalue weighted by Gasteiger charge is -2.18. The van der Waals surface area contributed by atoms with Gasteiger partial charge in [-0.15, -0.1) is 0 Å². The van der Waals surface area contributed by atoms with E-state index in [2.05, 4.69) is 20.6 Å². The minimum Gasteiger partial charge on any atom is -0.481 e. The average Bonchev–Trinajstić information content (AvgIpc) is 2.99. The van der Waals surface area contributed by atoms with E-state index < -0.39 is 48.7 Å². The molecule has 120 valence electrons. The molecule has 9 nitrogen and oxygen atoms in total. The quantitative estimate of drug-likeness (QED) is 0.486. The smallest absolute Gasteiger partial charge is 0.305 e. The van der Waals surface area contributed by atoms with Crippen LogP contribution in [0.4, 0.5) is 4.39 Å². The van der Waals surface area contributed by atoms with E-state index in [0.29, 0.717) is 0 Å². The van der Waals surface area contributed by atoms with E-state index in [-0.39, 0.29) is 5.82 Å². The van der Waals surface area contributed by atoms with Gasteiger partial charge in [0.2, 0.25) is 5.91 Å². The van der Waals surface area contributed by atoms with Crippen molar-refractivity contribution in [2.75, 3.05) is 6.67 Å². The number of hydrogen-bond donors (Lipinski definition) is 4. The molecule has 0 spiro atoms. The molecule has 0 aliphatic heterocycles. The first-order valence-electron chi connectivity index (χ1n) is 6.26. The zero-order chi connectivity index (χ0) is 16.7. The first kappa shape index (κ1) is 17.3. The first-order chi connectivity index (χ1) is 10.3. The number of nitrogens with one attached hydrogen (secondary N) is 3. The van der Waals surface area contributed by atoms with Crippen LogP contribution in [0.1, 0.15) is 24.0 Å². The van der Waals surface area contributed by atoms with Gasteiger partial charge in [-0.3, -0.25) is 19.2 Å². The molecule has 1 aromatic rings. The van der Waals surface area contributed by atoms with Crippen molar-refractivity contribution in [3.05, 3.63) is 18.2 Å². The number of nitrogens with zero attached hydrogens (tertiary/aromatic N) is 1. The predicted octanol–water partition coefficient (Wildman–Crippen LogP) is -0.974. The zero-order valence-electron chi connectivity index (χ0n) is 11.6. The lowest BCUT2D eigenvalue weighted by Crippen LogP contribution is -2.51. The lowest BCUT2D eigenvalue weighted by atomic mass is 10.1. The number of halogens is 1. The molecule has 1 rings (SSSR count). The summed E-state index contributed by atoms with van der Waals surface area (Å²) in [7, 11) is 0. The van der Waals surface area contributed by atoms with Crippen LogP contribution >= 0.6 is 0 Å². The fourth-order valence-corrected chi connectivity index (χ4v) is 1.53. The maximum absolute atomic E-state index is 12.4. The van der Waals surface area contributed by atoms with Crippen LogP contribution in [-0.4, -0.2) is 57.4 Å². The number of aromatic amines is 1. The number of carboxylic acids is 1. The fourth-order valence-electron chi connectivity index (χ4n) is 1.53. The molecule has 0 bridgehead atoms. The Kier molecular flexibility index (Phi) is 6.17. The lowest BCUT2D eigenvalue weighted by molar-refractivity contribution is -0.140. The van der Waals surface area contributed by atoms with Crippen LogP contribution in [-0.2, 0) is 14.4 Å². The maximum atomic E-state index is 12.4. The Balaban J connectivity index is 2.62. The van der Waals surface area contributed by atoms with Crippen molar-refractivity contribution in [2.24, 2.45) is 0 Å².